The van der Waals surface area contributed by atoms with Crippen molar-refractivity contribution in [2.75, 3.05) is 0 Å². The number of hydrogen-bond donors (Lipinski definition) is 0. The third-order valence-corrected chi connectivity index (χ3v) is 9.64. The van der Waals surface area contributed by atoms with Crippen molar-refractivity contribution in [3.63, 3.8) is 0 Å². The number of hydrogen-bond acceptors (Lipinski definition) is 4. The van der Waals surface area contributed by atoms with Crippen molar-refractivity contribution in [2.24, 2.45) is 0 Å². The molecule has 0 bridgehead atoms. The Bertz CT molecular complexity index is 2840. The van der Waals surface area contributed by atoms with Crippen molar-refractivity contribution in [3.8, 4) is 45.4 Å². The van der Waals surface area contributed by atoms with Gasteiger partial charge in [-0.1, -0.05) is 146 Å². The normalized spacial score (nSPS) is 11.6. The van der Waals surface area contributed by atoms with E-state index < -0.39 is 0 Å². The van der Waals surface area contributed by atoms with Crippen molar-refractivity contribution < 1.29 is 0 Å². The summed E-state index contributed by atoms with van der Waals surface area (Å²) < 4.78 is 0. The summed E-state index contributed by atoms with van der Waals surface area (Å²) in [6, 6.07) is 59.3. The highest BCUT2D eigenvalue weighted by molar-refractivity contribution is 6.25. The van der Waals surface area contributed by atoms with Gasteiger partial charge in [0.2, 0.25) is 0 Å². The molecule has 0 saturated heterocycles. The Morgan fingerprint density at radius 3 is 1.48 bits per heavy atom. The fourth-order valence-electron chi connectivity index (χ4n) is 7.23. The van der Waals surface area contributed by atoms with E-state index in [1.165, 1.54) is 16.2 Å². The predicted octanol–water partition coefficient (Wildman–Crippen LogP) is 11.7. The second-order valence-corrected chi connectivity index (χ2v) is 12.7. The van der Waals surface area contributed by atoms with Crippen molar-refractivity contribution in [1.82, 2.24) is 19.9 Å². The van der Waals surface area contributed by atoms with Crippen LogP contribution in [0.4, 0.5) is 0 Å². The van der Waals surface area contributed by atoms with Gasteiger partial charge in [0.25, 0.3) is 0 Å². The predicted molar refractivity (Wildman–Crippen MR) is 207 cm³/mol. The van der Waals surface area contributed by atoms with Crippen LogP contribution in [0.25, 0.3) is 99.4 Å². The Morgan fingerprint density at radius 2 is 0.820 bits per heavy atom. The van der Waals surface area contributed by atoms with Crippen LogP contribution < -0.4 is 0 Å². The number of fused-ring (bicyclic) bond motifs is 7. The van der Waals surface area contributed by atoms with E-state index in [0.717, 1.165) is 65.8 Å². The molecule has 2 heterocycles. The van der Waals surface area contributed by atoms with Gasteiger partial charge >= 0.3 is 0 Å². The molecule has 232 valence electrons. The molecule has 0 N–H and O–H groups in total. The molecule has 0 amide bonds. The van der Waals surface area contributed by atoms with Gasteiger partial charge in [0.1, 0.15) is 0 Å². The molecule has 0 spiro atoms. The number of aromatic nitrogens is 4. The summed E-state index contributed by atoms with van der Waals surface area (Å²) in [5.74, 6) is 1.89. The molecule has 0 unspecified atom stereocenters. The van der Waals surface area contributed by atoms with Gasteiger partial charge in [0, 0.05) is 38.4 Å². The van der Waals surface area contributed by atoms with Gasteiger partial charge in [-0.15, -0.1) is 0 Å². The van der Waals surface area contributed by atoms with E-state index in [1.807, 2.05) is 6.07 Å². The molecule has 0 saturated carbocycles. The van der Waals surface area contributed by atoms with Crippen molar-refractivity contribution in [2.45, 2.75) is 0 Å². The van der Waals surface area contributed by atoms with E-state index in [2.05, 4.69) is 164 Å². The molecule has 4 heteroatoms. The van der Waals surface area contributed by atoms with E-state index in [0.29, 0.717) is 17.5 Å². The maximum Gasteiger partial charge on any atom is 0.164 e. The summed E-state index contributed by atoms with van der Waals surface area (Å²) in [6.07, 6.45) is 0. The number of pyridine rings is 1. The molecule has 10 aromatic rings. The van der Waals surface area contributed by atoms with E-state index in [4.69, 9.17) is 19.9 Å². The van der Waals surface area contributed by atoms with Gasteiger partial charge in [0.05, 0.1) is 11.2 Å². The number of para-hydroxylation sites is 1. The van der Waals surface area contributed by atoms with Gasteiger partial charge in [-0.2, -0.15) is 0 Å². The maximum absolute atomic E-state index is 5.25. The van der Waals surface area contributed by atoms with Gasteiger partial charge in [-0.25, -0.2) is 19.9 Å². The fraction of sp³-hybridized carbons (Fsp3) is 0. The first-order valence-electron chi connectivity index (χ1n) is 16.8. The zero-order valence-corrected chi connectivity index (χ0v) is 27.0. The number of benzene rings is 8. The molecule has 0 atom stereocenters. The summed E-state index contributed by atoms with van der Waals surface area (Å²) in [5.41, 5.74) is 5.79. The van der Waals surface area contributed by atoms with Crippen LogP contribution in [0.15, 0.2) is 170 Å². The lowest BCUT2D eigenvalue weighted by molar-refractivity contribution is 1.08. The minimum absolute atomic E-state index is 0.622. The second-order valence-electron chi connectivity index (χ2n) is 12.7. The van der Waals surface area contributed by atoms with Crippen LogP contribution in [0.1, 0.15) is 0 Å². The Balaban J connectivity index is 1.30. The highest BCUT2D eigenvalue weighted by atomic mass is 15.0. The van der Waals surface area contributed by atoms with Crippen molar-refractivity contribution in [1.29, 1.82) is 0 Å². The first-order chi connectivity index (χ1) is 24.8. The minimum atomic E-state index is 0.622. The summed E-state index contributed by atoms with van der Waals surface area (Å²) in [5, 5.41) is 10.2. The van der Waals surface area contributed by atoms with Crippen molar-refractivity contribution in [3.05, 3.63) is 170 Å². The van der Waals surface area contributed by atoms with Gasteiger partial charge in [-0.05, 0) is 56.6 Å². The maximum atomic E-state index is 5.25. The molecule has 0 aliphatic heterocycles. The Kier molecular flexibility index (Phi) is 6.46. The molecular formula is C46H28N4. The first kappa shape index (κ1) is 28.3. The van der Waals surface area contributed by atoms with Gasteiger partial charge < -0.3 is 0 Å². The molecule has 2 aromatic heterocycles. The van der Waals surface area contributed by atoms with E-state index in [9.17, 15) is 0 Å². The van der Waals surface area contributed by atoms with Crippen LogP contribution in [-0.2, 0) is 0 Å². The largest absolute Gasteiger partial charge is 0.247 e. The molecule has 8 aromatic carbocycles. The van der Waals surface area contributed by atoms with Crippen molar-refractivity contribution >= 4 is 54.0 Å². The molecule has 0 aliphatic rings. The smallest absolute Gasteiger partial charge is 0.164 e. The van der Waals surface area contributed by atoms with E-state index in [-0.39, 0.29) is 0 Å². The first-order valence-corrected chi connectivity index (χ1v) is 16.8. The summed E-state index contributed by atoms with van der Waals surface area (Å²) in [7, 11) is 0. The minimum Gasteiger partial charge on any atom is -0.247 e. The second kappa shape index (κ2) is 11.4. The fourth-order valence-corrected chi connectivity index (χ4v) is 7.23. The lowest BCUT2D eigenvalue weighted by atomic mass is 9.92. The Morgan fingerprint density at radius 1 is 0.300 bits per heavy atom. The highest BCUT2D eigenvalue weighted by Crippen LogP contribution is 2.41. The molecule has 0 aliphatic carbocycles. The van der Waals surface area contributed by atoms with Crippen LogP contribution in [0.2, 0.25) is 0 Å². The Labute approximate surface area is 288 Å². The highest BCUT2D eigenvalue weighted by Gasteiger charge is 2.20. The SMILES string of the molecule is c1ccc(-c2nc3ccccc3c3c2cc(-c2nc(-c4ccc5ccccc5c4)nc(-c4ccc5ccccc5c4)n2)c2ccccc23)cc1. The standard InChI is InChI=1S/C46H28N4/c1-2-14-31(15-3-1)43-40-28-39(36-18-8-9-19-37(36)42(40)38-20-10-11-21-41(38)47-43)46-49-44(34-24-22-29-12-4-6-16-32(29)26-34)48-45(50-46)35-25-23-30-13-5-7-17-33(30)27-35/h1-28H. The average Bonchev–Trinajstić information content (AvgIpc) is 3.19. The molecule has 0 fully saturated rings. The molecule has 0 radical (unpaired) electrons. The van der Waals surface area contributed by atoms with Crippen LogP contribution in [0.5, 0.6) is 0 Å². The topological polar surface area (TPSA) is 51.6 Å². The quantitative estimate of drug-likeness (QED) is 0.180. The van der Waals surface area contributed by atoms with Crippen LogP contribution in [-0.4, -0.2) is 19.9 Å². The molecular weight excluding hydrogens is 609 g/mol. The zero-order valence-electron chi connectivity index (χ0n) is 27.0. The third-order valence-electron chi connectivity index (χ3n) is 9.64. The van der Waals surface area contributed by atoms with Gasteiger partial charge in [-0.3, -0.25) is 0 Å². The van der Waals surface area contributed by atoms with Crippen LogP contribution >= 0.6 is 0 Å². The zero-order chi connectivity index (χ0) is 33.0. The number of rotatable bonds is 4. The molecule has 50 heavy (non-hydrogen) atoms. The third kappa shape index (κ3) is 4.69. The number of nitrogens with zero attached hydrogens (tertiary/aromatic N) is 4. The monoisotopic (exact) mass is 636 g/mol. The van der Waals surface area contributed by atoms with E-state index in [1.54, 1.807) is 0 Å². The lowest BCUT2D eigenvalue weighted by Crippen LogP contribution is -2.01. The summed E-state index contributed by atoms with van der Waals surface area (Å²) in [4.78, 5) is 20.9. The lowest BCUT2D eigenvalue weighted by Gasteiger charge is -2.16. The average molecular weight is 637 g/mol. The summed E-state index contributed by atoms with van der Waals surface area (Å²) in [6.45, 7) is 0. The molecule has 4 nitrogen and oxygen atoms in total. The van der Waals surface area contributed by atoms with Crippen LogP contribution in [0, 0.1) is 0 Å². The molecule has 10 rings (SSSR count). The summed E-state index contributed by atoms with van der Waals surface area (Å²) >= 11 is 0. The van der Waals surface area contributed by atoms with E-state index >= 15 is 0 Å². The Hall–Kier alpha value is -6.78. The van der Waals surface area contributed by atoms with Gasteiger partial charge in [0.15, 0.2) is 17.5 Å². The van der Waals surface area contributed by atoms with Crippen LogP contribution in [0.3, 0.4) is 0 Å².